The van der Waals surface area contributed by atoms with Gasteiger partial charge in [0.15, 0.2) is 0 Å². The van der Waals surface area contributed by atoms with Crippen LogP contribution in [0.15, 0.2) is 22.7 Å². The minimum atomic E-state index is -0.270. The molecule has 0 fully saturated rings. The summed E-state index contributed by atoms with van der Waals surface area (Å²) in [6.07, 6.45) is 0. The van der Waals surface area contributed by atoms with Gasteiger partial charge in [0.25, 0.3) is 5.91 Å². The van der Waals surface area contributed by atoms with Gasteiger partial charge in [-0.2, -0.15) is 0 Å². The van der Waals surface area contributed by atoms with Crippen LogP contribution in [-0.2, 0) is 0 Å². The molecule has 0 unspecified atom stereocenters. The van der Waals surface area contributed by atoms with Crippen molar-refractivity contribution in [2.24, 2.45) is 5.84 Å². The molecule has 0 bridgehead atoms. The van der Waals surface area contributed by atoms with Crippen LogP contribution in [0, 0.1) is 6.92 Å². The standard InChI is InChI=1S/C8H9BrN2O/c1-5-6(8(12)11-10)3-2-4-7(5)9/h2-4H,10H2,1H3,(H,11,12). The van der Waals surface area contributed by atoms with Crippen molar-refractivity contribution in [1.29, 1.82) is 0 Å². The molecule has 0 radical (unpaired) electrons. The summed E-state index contributed by atoms with van der Waals surface area (Å²) in [6, 6.07) is 5.40. The number of nitrogens with two attached hydrogens (primary N) is 1. The minimum Gasteiger partial charge on any atom is -0.290 e. The zero-order valence-electron chi connectivity index (χ0n) is 6.60. The van der Waals surface area contributed by atoms with Gasteiger partial charge in [-0.25, -0.2) is 5.84 Å². The molecule has 1 aromatic rings. The second-order valence-electron chi connectivity index (χ2n) is 2.39. The summed E-state index contributed by atoms with van der Waals surface area (Å²) in [7, 11) is 0. The van der Waals surface area contributed by atoms with Crippen molar-refractivity contribution in [1.82, 2.24) is 5.43 Å². The lowest BCUT2D eigenvalue weighted by Gasteiger charge is -2.04. The summed E-state index contributed by atoms with van der Waals surface area (Å²) in [5, 5.41) is 0. The molecule has 1 rings (SSSR count). The van der Waals surface area contributed by atoms with Gasteiger partial charge in [0.05, 0.1) is 0 Å². The van der Waals surface area contributed by atoms with E-state index < -0.39 is 0 Å². The fourth-order valence-electron chi connectivity index (χ4n) is 0.931. The summed E-state index contributed by atoms with van der Waals surface area (Å²) in [4.78, 5) is 11.1. The predicted octanol–water partition coefficient (Wildman–Crippen LogP) is 1.36. The van der Waals surface area contributed by atoms with Crippen LogP contribution < -0.4 is 11.3 Å². The maximum atomic E-state index is 11.1. The molecular weight excluding hydrogens is 220 g/mol. The van der Waals surface area contributed by atoms with Crippen LogP contribution in [0.5, 0.6) is 0 Å². The number of hydrazine groups is 1. The van der Waals surface area contributed by atoms with E-state index in [1.807, 2.05) is 13.0 Å². The van der Waals surface area contributed by atoms with Crippen molar-refractivity contribution in [3.63, 3.8) is 0 Å². The number of nitrogens with one attached hydrogen (secondary N) is 1. The zero-order valence-corrected chi connectivity index (χ0v) is 8.18. The van der Waals surface area contributed by atoms with Crippen LogP contribution in [0.3, 0.4) is 0 Å². The lowest BCUT2D eigenvalue weighted by Crippen LogP contribution is -2.30. The highest BCUT2D eigenvalue weighted by atomic mass is 79.9. The van der Waals surface area contributed by atoms with E-state index in [9.17, 15) is 4.79 Å². The normalized spacial score (nSPS) is 9.58. The van der Waals surface area contributed by atoms with E-state index in [4.69, 9.17) is 5.84 Å². The second-order valence-corrected chi connectivity index (χ2v) is 3.24. The summed E-state index contributed by atoms with van der Waals surface area (Å²) < 4.78 is 0.906. The molecule has 0 aliphatic heterocycles. The molecule has 1 aromatic carbocycles. The van der Waals surface area contributed by atoms with Gasteiger partial charge >= 0.3 is 0 Å². The quantitative estimate of drug-likeness (QED) is 0.434. The molecule has 64 valence electrons. The summed E-state index contributed by atoms with van der Waals surface area (Å²) in [5.41, 5.74) is 3.57. The average Bonchev–Trinajstić information content (AvgIpc) is 2.08. The maximum Gasteiger partial charge on any atom is 0.265 e. The zero-order chi connectivity index (χ0) is 9.14. The van der Waals surface area contributed by atoms with Gasteiger partial charge in [-0.1, -0.05) is 22.0 Å². The van der Waals surface area contributed by atoms with Crippen molar-refractivity contribution < 1.29 is 4.79 Å². The third-order valence-electron chi connectivity index (χ3n) is 1.64. The van der Waals surface area contributed by atoms with E-state index in [2.05, 4.69) is 21.4 Å². The molecule has 0 spiro atoms. The Morgan fingerprint density at radius 3 is 2.83 bits per heavy atom. The molecule has 3 nitrogen and oxygen atoms in total. The Morgan fingerprint density at radius 2 is 2.25 bits per heavy atom. The Kier molecular flexibility index (Phi) is 2.83. The molecule has 1 amide bonds. The third kappa shape index (κ3) is 1.65. The topological polar surface area (TPSA) is 55.1 Å². The molecule has 0 aromatic heterocycles. The molecule has 4 heteroatoms. The number of carbonyl (C=O) groups excluding carboxylic acids is 1. The van der Waals surface area contributed by atoms with Crippen molar-refractivity contribution in [3.05, 3.63) is 33.8 Å². The number of hydrogen-bond acceptors (Lipinski definition) is 2. The van der Waals surface area contributed by atoms with Gasteiger partial charge in [0, 0.05) is 10.0 Å². The van der Waals surface area contributed by atoms with E-state index in [-0.39, 0.29) is 5.91 Å². The van der Waals surface area contributed by atoms with E-state index in [1.165, 1.54) is 0 Å². The van der Waals surface area contributed by atoms with E-state index in [0.29, 0.717) is 5.56 Å². The first-order chi connectivity index (χ1) is 5.66. The molecule has 3 N–H and O–H groups in total. The molecular formula is C8H9BrN2O. The van der Waals surface area contributed by atoms with Gasteiger partial charge in [-0.05, 0) is 24.6 Å². The van der Waals surface area contributed by atoms with Gasteiger partial charge in [0.1, 0.15) is 0 Å². The van der Waals surface area contributed by atoms with E-state index in [0.717, 1.165) is 10.0 Å². The number of benzene rings is 1. The minimum absolute atomic E-state index is 0.270. The van der Waals surface area contributed by atoms with Crippen LogP contribution in [0.4, 0.5) is 0 Å². The number of halogens is 1. The first kappa shape index (κ1) is 9.22. The van der Waals surface area contributed by atoms with Crippen LogP contribution >= 0.6 is 15.9 Å². The summed E-state index contributed by atoms with van der Waals surface area (Å²) in [6.45, 7) is 1.86. The fraction of sp³-hybridized carbons (Fsp3) is 0.125. The molecule has 0 saturated carbocycles. The SMILES string of the molecule is Cc1c(Br)cccc1C(=O)NN. The van der Waals surface area contributed by atoms with Gasteiger partial charge in [-0.3, -0.25) is 10.2 Å². The number of carbonyl (C=O) groups is 1. The molecule has 12 heavy (non-hydrogen) atoms. The van der Waals surface area contributed by atoms with Gasteiger partial charge < -0.3 is 0 Å². The van der Waals surface area contributed by atoms with Crippen molar-refractivity contribution in [2.75, 3.05) is 0 Å². The Bertz CT molecular complexity index is 312. The van der Waals surface area contributed by atoms with Crippen molar-refractivity contribution in [3.8, 4) is 0 Å². The third-order valence-corrected chi connectivity index (χ3v) is 2.50. The molecule has 0 aliphatic carbocycles. The Morgan fingerprint density at radius 1 is 1.58 bits per heavy atom. The van der Waals surface area contributed by atoms with E-state index >= 15 is 0 Å². The summed E-state index contributed by atoms with van der Waals surface area (Å²) in [5.74, 6) is 4.74. The molecule has 0 heterocycles. The Labute approximate surface area is 79.1 Å². The van der Waals surface area contributed by atoms with Gasteiger partial charge in [0.2, 0.25) is 0 Å². The largest absolute Gasteiger partial charge is 0.290 e. The highest BCUT2D eigenvalue weighted by Crippen LogP contribution is 2.18. The smallest absolute Gasteiger partial charge is 0.265 e. The Balaban J connectivity index is 3.16. The van der Waals surface area contributed by atoms with Gasteiger partial charge in [-0.15, -0.1) is 0 Å². The number of rotatable bonds is 1. The first-order valence-corrected chi connectivity index (χ1v) is 4.22. The highest BCUT2D eigenvalue weighted by molar-refractivity contribution is 9.10. The van der Waals surface area contributed by atoms with Crippen molar-refractivity contribution in [2.45, 2.75) is 6.92 Å². The molecule has 0 aliphatic rings. The maximum absolute atomic E-state index is 11.1. The predicted molar refractivity (Wildman–Crippen MR) is 50.5 cm³/mol. The average molecular weight is 229 g/mol. The highest BCUT2D eigenvalue weighted by Gasteiger charge is 2.07. The number of hydrogen-bond donors (Lipinski definition) is 2. The Hall–Kier alpha value is -0.870. The van der Waals surface area contributed by atoms with Crippen LogP contribution in [0.1, 0.15) is 15.9 Å². The lowest BCUT2D eigenvalue weighted by atomic mass is 10.1. The van der Waals surface area contributed by atoms with Crippen molar-refractivity contribution >= 4 is 21.8 Å². The molecule has 0 saturated heterocycles. The van der Waals surface area contributed by atoms with E-state index in [1.54, 1.807) is 12.1 Å². The second kappa shape index (κ2) is 3.69. The van der Waals surface area contributed by atoms with Crippen LogP contribution in [0.25, 0.3) is 0 Å². The monoisotopic (exact) mass is 228 g/mol. The number of nitrogen functional groups attached to an aromatic ring is 1. The lowest BCUT2D eigenvalue weighted by molar-refractivity contribution is 0.0953. The molecule has 0 atom stereocenters. The van der Waals surface area contributed by atoms with Crippen LogP contribution in [0.2, 0.25) is 0 Å². The van der Waals surface area contributed by atoms with Crippen LogP contribution in [-0.4, -0.2) is 5.91 Å². The first-order valence-electron chi connectivity index (χ1n) is 3.43. The fourth-order valence-corrected chi connectivity index (χ4v) is 1.30. The summed E-state index contributed by atoms with van der Waals surface area (Å²) >= 11 is 3.32. The number of amides is 1.